The summed E-state index contributed by atoms with van der Waals surface area (Å²) >= 11 is -1.65. The number of hydrogen-bond acceptors (Lipinski definition) is 6. The first kappa shape index (κ1) is 24.8. The van der Waals surface area contributed by atoms with Gasteiger partial charge in [-0.25, -0.2) is 13.2 Å². The monoisotopic (exact) mass is 526 g/mol. The van der Waals surface area contributed by atoms with Gasteiger partial charge in [0.15, 0.2) is 0 Å². The van der Waals surface area contributed by atoms with Gasteiger partial charge in [-0.15, -0.1) is 11.3 Å². The fourth-order valence-electron chi connectivity index (χ4n) is 3.52. The van der Waals surface area contributed by atoms with E-state index in [1.807, 2.05) is 6.07 Å². The van der Waals surface area contributed by atoms with E-state index in [4.69, 9.17) is 5.11 Å². The van der Waals surface area contributed by atoms with Crippen molar-refractivity contribution in [1.29, 1.82) is 0 Å². The van der Waals surface area contributed by atoms with Crippen LogP contribution in [0.4, 0.5) is 10.7 Å². The van der Waals surface area contributed by atoms with Gasteiger partial charge in [-0.2, -0.15) is 0 Å². The normalized spacial score (nSPS) is 12.3. The average molecular weight is 527 g/mol. The Balaban J connectivity index is 1.56. The van der Waals surface area contributed by atoms with Crippen LogP contribution in [0.2, 0.25) is 0 Å². The van der Waals surface area contributed by atoms with E-state index >= 15 is 0 Å². The molecule has 1 aromatic heterocycles. The van der Waals surface area contributed by atoms with Crippen molar-refractivity contribution in [3.63, 3.8) is 0 Å². The zero-order valence-corrected chi connectivity index (χ0v) is 20.7. The smallest absolute Gasteiger partial charge is 0.335 e. The Kier molecular flexibility index (Phi) is 7.46. The summed E-state index contributed by atoms with van der Waals surface area (Å²) in [6, 6.07) is 23.0. The first-order chi connectivity index (χ1) is 16.8. The molecule has 0 aliphatic heterocycles. The van der Waals surface area contributed by atoms with Crippen LogP contribution >= 0.6 is 11.3 Å². The Bertz CT molecular complexity index is 1460. The summed E-state index contributed by atoms with van der Waals surface area (Å²) in [7, 11) is -3.77. The van der Waals surface area contributed by atoms with Crippen molar-refractivity contribution in [2.45, 2.75) is 22.6 Å². The fourth-order valence-corrected chi connectivity index (χ4v) is 6.80. The van der Waals surface area contributed by atoms with Crippen LogP contribution in [0.3, 0.4) is 0 Å². The first-order valence-corrected chi connectivity index (χ1v) is 13.8. The predicted molar refractivity (Wildman–Crippen MR) is 135 cm³/mol. The lowest BCUT2D eigenvalue weighted by atomic mass is 10.0. The number of rotatable bonds is 9. The molecule has 0 bridgehead atoms. The van der Waals surface area contributed by atoms with E-state index in [1.54, 1.807) is 60.7 Å². The van der Waals surface area contributed by atoms with Gasteiger partial charge in [-0.05, 0) is 66.4 Å². The van der Waals surface area contributed by atoms with Crippen molar-refractivity contribution >= 4 is 49.1 Å². The largest absolute Gasteiger partial charge is 0.755 e. The number of sulfone groups is 1. The fraction of sp³-hybridized carbons (Fsp3) is 0.0800. The van der Waals surface area contributed by atoms with E-state index in [2.05, 4.69) is 0 Å². The second-order valence-corrected chi connectivity index (χ2v) is 11.3. The second-order valence-electron chi connectivity index (χ2n) is 7.62. The first-order valence-electron chi connectivity index (χ1n) is 10.4. The number of benzene rings is 3. The van der Waals surface area contributed by atoms with E-state index in [-0.39, 0.29) is 20.4 Å². The van der Waals surface area contributed by atoms with Gasteiger partial charge in [0, 0.05) is 5.38 Å². The van der Waals surface area contributed by atoms with Crippen molar-refractivity contribution in [3.8, 4) is 0 Å². The number of nitrogens with zero attached hydrogens (tertiary/aromatic N) is 1. The maximum Gasteiger partial charge on any atom is 0.335 e. The molecule has 1 unspecified atom stereocenters. The summed E-state index contributed by atoms with van der Waals surface area (Å²) in [6.45, 7) is 0. The van der Waals surface area contributed by atoms with Gasteiger partial charge < -0.3 is 9.66 Å². The van der Waals surface area contributed by atoms with E-state index in [0.717, 1.165) is 26.8 Å². The number of carboxylic acid groups (broad SMARTS) is 1. The van der Waals surface area contributed by atoms with Crippen molar-refractivity contribution in [2.24, 2.45) is 0 Å². The lowest BCUT2D eigenvalue weighted by Gasteiger charge is -2.25. The molecule has 0 saturated heterocycles. The molecule has 0 spiro atoms. The zero-order chi connectivity index (χ0) is 25.0. The Hall–Kier alpha value is -3.31. The predicted octanol–water partition coefficient (Wildman–Crippen LogP) is 5.00. The Morgan fingerprint density at radius 2 is 1.57 bits per heavy atom. The van der Waals surface area contributed by atoms with Gasteiger partial charge in [0.25, 0.3) is 0 Å². The lowest BCUT2D eigenvalue weighted by Crippen LogP contribution is -2.18. The highest BCUT2D eigenvalue weighted by molar-refractivity contribution is 7.91. The summed E-state index contributed by atoms with van der Waals surface area (Å²) in [5.74, 6) is -0.983. The maximum absolute atomic E-state index is 12.9. The lowest BCUT2D eigenvalue weighted by molar-refractivity contribution is 0.0697. The molecular formula is C25H20NO6S3-. The summed E-state index contributed by atoms with van der Waals surface area (Å²) in [6.07, 6.45) is 1.25. The number of thiophene rings is 1. The van der Waals surface area contributed by atoms with Gasteiger partial charge in [0.1, 0.15) is 5.00 Å². The van der Waals surface area contributed by atoms with E-state index in [1.165, 1.54) is 23.6 Å². The molecule has 0 aliphatic carbocycles. The molecule has 3 aromatic carbocycles. The van der Waals surface area contributed by atoms with E-state index in [0.29, 0.717) is 18.5 Å². The molecule has 10 heteroatoms. The minimum absolute atomic E-state index is 0.0279. The number of hydrogen-bond donors (Lipinski definition) is 1. The van der Waals surface area contributed by atoms with Gasteiger partial charge in [0.2, 0.25) is 9.84 Å². The van der Waals surface area contributed by atoms with Crippen LogP contribution in [0.15, 0.2) is 100 Å². The highest BCUT2D eigenvalue weighted by Crippen LogP contribution is 2.36. The third kappa shape index (κ3) is 5.68. The summed E-state index contributed by atoms with van der Waals surface area (Å²) in [5, 5.41) is 10.7. The third-order valence-electron chi connectivity index (χ3n) is 5.32. The quantitative estimate of drug-likeness (QED) is 0.307. The van der Waals surface area contributed by atoms with Gasteiger partial charge in [0.05, 0.1) is 32.3 Å². The molecule has 0 saturated carbocycles. The van der Waals surface area contributed by atoms with E-state index < -0.39 is 27.1 Å². The number of aromatic carboxylic acids is 1. The Labute approximate surface area is 209 Å². The van der Waals surface area contributed by atoms with Crippen molar-refractivity contribution in [3.05, 3.63) is 107 Å². The van der Waals surface area contributed by atoms with Crippen molar-refractivity contribution < 1.29 is 27.1 Å². The van der Waals surface area contributed by atoms with Gasteiger partial charge in [-0.3, -0.25) is 8.51 Å². The van der Waals surface area contributed by atoms with Gasteiger partial charge in [-0.1, -0.05) is 42.5 Å². The van der Waals surface area contributed by atoms with Crippen LogP contribution in [0.1, 0.15) is 21.5 Å². The van der Waals surface area contributed by atoms with Crippen LogP contribution < -0.4 is 4.31 Å². The minimum atomic E-state index is -3.77. The average Bonchev–Trinajstić information content (AvgIpc) is 3.34. The van der Waals surface area contributed by atoms with Crippen LogP contribution in [0, 0.1) is 0 Å². The molecule has 0 aliphatic rings. The van der Waals surface area contributed by atoms with E-state index in [9.17, 15) is 22.0 Å². The molecule has 0 fully saturated rings. The number of aryl methyl sites for hydroxylation is 2. The third-order valence-corrected chi connectivity index (χ3v) is 8.96. The molecule has 4 rings (SSSR count). The molecule has 0 amide bonds. The highest BCUT2D eigenvalue weighted by Gasteiger charge is 2.22. The van der Waals surface area contributed by atoms with Gasteiger partial charge >= 0.3 is 5.97 Å². The van der Waals surface area contributed by atoms with Crippen molar-refractivity contribution in [1.82, 2.24) is 0 Å². The highest BCUT2D eigenvalue weighted by atomic mass is 32.2. The molecule has 180 valence electrons. The van der Waals surface area contributed by atoms with Crippen LogP contribution in [0.5, 0.6) is 0 Å². The molecule has 4 aromatic rings. The molecule has 0 radical (unpaired) electrons. The zero-order valence-electron chi connectivity index (χ0n) is 18.2. The SMILES string of the molecule is O=C(O)c1ccc(CCc2cccc(N(c3cc(S(=O)(=O)c4ccccc4)cs3)S(=O)[O-])c2)cc1. The summed E-state index contributed by atoms with van der Waals surface area (Å²) in [5.41, 5.74) is 2.45. The Morgan fingerprint density at radius 3 is 2.23 bits per heavy atom. The minimum Gasteiger partial charge on any atom is -0.755 e. The number of carboxylic acids is 1. The van der Waals surface area contributed by atoms with Crippen LogP contribution in [-0.2, 0) is 33.9 Å². The molecular weight excluding hydrogens is 506 g/mol. The Morgan fingerprint density at radius 1 is 0.886 bits per heavy atom. The summed E-state index contributed by atoms with van der Waals surface area (Å²) < 4.78 is 51.2. The number of anilines is 2. The molecule has 1 heterocycles. The molecule has 35 heavy (non-hydrogen) atoms. The standard InChI is InChI=1S/C25H21NO6S3/c27-25(28)20-13-11-18(12-14-20)9-10-19-5-4-6-21(15-19)26(34(29)30)24-16-23(17-33-24)35(31,32)22-7-2-1-3-8-22/h1-8,11-17H,9-10H2,(H,27,28)(H,29,30)/p-1. The number of carbonyl (C=O) groups is 1. The van der Waals surface area contributed by atoms with Crippen LogP contribution in [0.25, 0.3) is 0 Å². The molecule has 7 nitrogen and oxygen atoms in total. The summed E-state index contributed by atoms with van der Waals surface area (Å²) in [4.78, 5) is 11.2. The second kappa shape index (κ2) is 10.5. The maximum atomic E-state index is 12.9. The van der Waals surface area contributed by atoms with Crippen molar-refractivity contribution in [2.75, 3.05) is 4.31 Å². The topological polar surface area (TPSA) is 115 Å². The molecule has 1 N–H and O–H groups in total. The molecule has 1 atom stereocenters. The van der Waals surface area contributed by atoms with Crippen LogP contribution in [-0.4, -0.2) is 28.3 Å².